The van der Waals surface area contributed by atoms with Crippen LogP contribution in [0, 0.1) is 0 Å². The molecule has 0 aliphatic heterocycles. The van der Waals surface area contributed by atoms with Gasteiger partial charge in [-0.05, 0) is 39.8 Å². The summed E-state index contributed by atoms with van der Waals surface area (Å²) in [6.07, 6.45) is 1.64. The number of ketones is 2. The first-order valence-electron chi connectivity index (χ1n) is 10.9. The lowest BCUT2D eigenvalue weighted by atomic mass is 9.96. The van der Waals surface area contributed by atoms with Crippen molar-refractivity contribution in [3.05, 3.63) is 115 Å². The third-order valence-electron chi connectivity index (χ3n) is 4.84. The number of rotatable bonds is 9. The summed E-state index contributed by atoms with van der Waals surface area (Å²) in [4.78, 5) is 24.4. The van der Waals surface area contributed by atoms with Crippen LogP contribution >= 0.6 is 0 Å². The molecule has 0 aliphatic carbocycles. The Morgan fingerprint density at radius 1 is 0.697 bits per heavy atom. The molecule has 3 aromatic rings. The van der Waals surface area contributed by atoms with E-state index in [-0.39, 0.29) is 11.6 Å². The van der Waals surface area contributed by atoms with Gasteiger partial charge in [0.1, 0.15) is 11.4 Å². The average molecular weight is 445 g/mol. The first-order chi connectivity index (χ1) is 15.7. The molecule has 0 spiro atoms. The average Bonchev–Trinajstić information content (AvgIpc) is 2.83. The van der Waals surface area contributed by atoms with Crippen molar-refractivity contribution in [1.29, 1.82) is 0 Å². The van der Waals surface area contributed by atoms with Crippen LogP contribution in [0.25, 0.3) is 0 Å². The number of hydrogen-bond acceptors (Lipinski definition) is 4. The van der Waals surface area contributed by atoms with Gasteiger partial charge in [-0.25, -0.2) is 0 Å². The summed E-state index contributed by atoms with van der Waals surface area (Å²) < 4.78 is 11.2. The van der Waals surface area contributed by atoms with Crippen molar-refractivity contribution < 1.29 is 19.1 Å². The predicted molar refractivity (Wildman–Crippen MR) is 133 cm³/mol. The van der Waals surface area contributed by atoms with Gasteiger partial charge in [-0.2, -0.15) is 0 Å². The molecule has 33 heavy (non-hydrogen) atoms. The van der Waals surface area contributed by atoms with Crippen LogP contribution in [0.4, 0.5) is 0 Å². The van der Waals surface area contributed by atoms with Gasteiger partial charge < -0.3 is 9.47 Å². The van der Waals surface area contributed by atoms with Crippen LogP contribution < -0.4 is 4.74 Å². The van der Waals surface area contributed by atoms with Crippen molar-refractivity contribution >= 4 is 11.6 Å². The molecular weight excluding hydrogens is 412 g/mol. The molecule has 0 aromatic heterocycles. The monoisotopic (exact) mass is 444 g/mol. The summed E-state index contributed by atoms with van der Waals surface area (Å²) in [6, 6.07) is 27.7. The zero-order valence-corrected chi connectivity index (χ0v) is 19.8. The SMILES string of the molecule is C=CCOC(C)(C)C(=O)c1ccccc1.CC(C)(Oc1ccccc1)C(=O)c1ccccc1. The highest BCUT2D eigenvalue weighted by Crippen LogP contribution is 2.21. The second kappa shape index (κ2) is 11.9. The number of ether oxygens (including phenoxy) is 2. The predicted octanol–water partition coefficient (Wildman–Crippen LogP) is 6.58. The van der Waals surface area contributed by atoms with Crippen LogP contribution in [-0.4, -0.2) is 29.4 Å². The van der Waals surface area contributed by atoms with Crippen LogP contribution in [0.1, 0.15) is 48.4 Å². The summed E-state index contributed by atoms with van der Waals surface area (Å²) in [5.41, 5.74) is -0.330. The lowest BCUT2D eigenvalue weighted by molar-refractivity contribution is 0.00788. The van der Waals surface area contributed by atoms with E-state index in [1.54, 1.807) is 58.0 Å². The van der Waals surface area contributed by atoms with Gasteiger partial charge in [0.2, 0.25) is 5.78 Å². The molecule has 0 aliphatic rings. The molecule has 0 unspecified atom stereocenters. The number of Topliss-reactive ketones (excluding diaryl/α,β-unsaturated/α-hetero) is 2. The Morgan fingerprint density at radius 2 is 1.09 bits per heavy atom. The highest BCUT2D eigenvalue weighted by Gasteiger charge is 2.31. The fraction of sp³-hybridized carbons (Fsp3) is 0.241. The number of carbonyl (C=O) groups is 2. The van der Waals surface area contributed by atoms with Gasteiger partial charge in [-0.15, -0.1) is 6.58 Å². The number of benzene rings is 3. The Morgan fingerprint density at radius 3 is 1.52 bits per heavy atom. The topological polar surface area (TPSA) is 52.6 Å². The number of hydrogen-bond donors (Lipinski definition) is 0. The van der Waals surface area contributed by atoms with E-state index < -0.39 is 11.2 Å². The van der Waals surface area contributed by atoms with Crippen molar-refractivity contribution in [2.75, 3.05) is 6.61 Å². The highest BCUT2D eigenvalue weighted by atomic mass is 16.5. The van der Waals surface area contributed by atoms with Crippen LogP contribution in [-0.2, 0) is 4.74 Å². The molecular formula is C29H32O4. The molecule has 0 saturated heterocycles. The molecule has 0 N–H and O–H groups in total. The minimum Gasteiger partial charge on any atom is -0.480 e. The van der Waals surface area contributed by atoms with Crippen molar-refractivity contribution in [3.8, 4) is 5.75 Å². The van der Waals surface area contributed by atoms with Crippen LogP contribution in [0.3, 0.4) is 0 Å². The first kappa shape index (κ1) is 25.8. The number of carbonyl (C=O) groups excluding carboxylic acids is 2. The van der Waals surface area contributed by atoms with Gasteiger partial charge in [0.15, 0.2) is 11.4 Å². The molecule has 0 atom stereocenters. The molecule has 4 heteroatoms. The summed E-state index contributed by atoms with van der Waals surface area (Å²) in [5, 5.41) is 0. The van der Waals surface area contributed by atoms with Crippen molar-refractivity contribution in [2.24, 2.45) is 0 Å². The Kier molecular flexibility index (Phi) is 9.31. The fourth-order valence-corrected chi connectivity index (χ4v) is 3.04. The van der Waals surface area contributed by atoms with Crippen molar-refractivity contribution in [1.82, 2.24) is 0 Å². The normalized spacial score (nSPS) is 11.0. The molecule has 3 aromatic carbocycles. The fourth-order valence-electron chi connectivity index (χ4n) is 3.04. The maximum atomic E-state index is 12.3. The Hall–Kier alpha value is -3.50. The van der Waals surface area contributed by atoms with E-state index in [1.165, 1.54) is 0 Å². The number of para-hydroxylation sites is 1. The van der Waals surface area contributed by atoms with Crippen LogP contribution in [0.2, 0.25) is 0 Å². The second-order valence-corrected chi connectivity index (χ2v) is 8.43. The largest absolute Gasteiger partial charge is 0.480 e. The zero-order valence-electron chi connectivity index (χ0n) is 19.8. The van der Waals surface area contributed by atoms with E-state index in [1.807, 2.05) is 66.7 Å². The van der Waals surface area contributed by atoms with Gasteiger partial charge in [-0.1, -0.05) is 84.9 Å². The Bertz CT molecular complexity index is 1020. The van der Waals surface area contributed by atoms with Crippen molar-refractivity contribution in [2.45, 2.75) is 38.9 Å². The lowest BCUT2D eigenvalue weighted by Crippen LogP contribution is -2.38. The van der Waals surface area contributed by atoms with Crippen LogP contribution in [0.15, 0.2) is 104 Å². The zero-order chi connectivity index (χ0) is 24.3. The van der Waals surface area contributed by atoms with E-state index in [0.29, 0.717) is 23.5 Å². The molecule has 0 radical (unpaired) electrons. The lowest BCUT2D eigenvalue weighted by Gasteiger charge is -2.25. The maximum Gasteiger partial charge on any atom is 0.205 e. The van der Waals surface area contributed by atoms with Gasteiger partial charge >= 0.3 is 0 Å². The van der Waals surface area contributed by atoms with E-state index in [9.17, 15) is 9.59 Å². The minimum atomic E-state index is -0.872. The van der Waals surface area contributed by atoms with E-state index in [2.05, 4.69) is 6.58 Å². The maximum absolute atomic E-state index is 12.3. The van der Waals surface area contributed by atoms with Crippen molar-refractivity contribution in [3.63, 3.8) is 0 Å². The summed E-state index contributed by atoms with van der Waals surface area (Å²) in [5.74, 6) is 0.670. The van der Waals surface area contributed by atoms with Gasteiger partial charge in [0.25, 0.3) is 0 Å². The minimum absolute atomic E-state index is 0.00931. The molecule has 172 valence electrons. The summed E-state index contributed by atoms with van der Waals surface area (Å²) in [6.45, 7) is 11.1. The first-order valence-corrected chi connectivity index (χ1v) is 10.9. The second-order valence-electron chi connectivity index (χ2n) is 8.43. The summed E-state index contributed by atoms with van der Waals surface area (Å²) >= 11 is 0. The Labute approximate surface area is 196 Å². The van der Waals surface area contributed by atoms with Gasteiger partial charge in [0, 0.05) is 11.1 Å². The van der Waals surface area contributed by atoms with E-state index in [0.717, 1.165) is 0 Å². The standard InChI is InChI=1S/C16H16O2.C13H16O2/c1-16(2,18-14-11-7-4-8-12-14)15(17)13-9-5-3-6-10-13;1-4-10-15-13(2,3)12(14)11-8-6-5-7-9-11/h3-12H,1-2H3;4-9H,1,10H2,2-3H3. The highest BCUT2D eigenvalue weighted by molar-refractivity contribution is 6.02. The molecule has 3 rings (SSSR count). The molecule has 0 fully saturated rings. The molecule has 0 bridgehead atoms. The molecule has 0 amide bonds. The van der Waals surface area contributed by atoms with E-state index >= 15 is 0 Å². The molecule has 0 heterocycles. The van der Waals surface area contributed by atoms with E-state index in [4.69, 9.17) is 9.47 Å². The third kappa shape index (κ3) is 7.85. The quantitative estimate of drug-likeness (QED) is 0.276. The van der Waals surface area contributed by atoms with Gasteiger partial charge in [0.05, 0.1) is 6.61 Å². The smallest absolute Gasteiger partial charge is 0.205 e. The van der Waals surface area contributed by atoms with Gasteiger partial charge in [-0.3, -0.25) is 9.59 Å². The van der Waals surface area contributed by atoms with Crippen LogP contribution in [0.5, 0.6) is 5.75 Å². The third-order valence-corrected chi connectivity index (χ3v) is 4.84. The Balaban J connectivity index is 0.000000238. The molecule has 4 nitrogen and oxygen atoms in total. The molecule has 0 saturated carbocycles. The summed E-state index contributed by atoms with van der Waals surface area (Å²) in [7, 11) is 0.